The van der Waals surface area contributed by atoms with E-state index in [1.807, 2.05) is 67.6 Å². The Kier molecular flexibility index (Phi) is 7.05. The molecule has 150 valence electrons. The van der Waals surface area contributed by atoms with Crippen molar-refractivity contribution in [2.24, 2.45) is 0 Å². The number of carbonyl (C=O) groups excluding carboxylic acids is 1. The third-order valence-corrected chi connectivity index (χ3v) is 4.33. The molecule has 6 nitrogen and oxygen atoms in total. The number of anilines is 2. The fourth-order valence-electron chi connectivity index (χ4n) is 2.79. The van der Waals surface area contributed by atoms with Crippen molar-refractivity contribution in [3.05, 3.63) is 78.0 Å². The van der Waals surface area contributed by atoms with Gasteiger partial charge in [0.2, 0.25) is 0 Å². The van der Waals surface area contributed by atoms with Crippen LogP contribution in [0.15, 0.2) is 66.9 Å². The van der Waals surface area contributed by atoms with Crippen LogP contribution in [0.3, 0.4) is 0 Å². The molecule has 2 N–H and O–H groups in total. The summed E-state index contributed by atoms with van der Waals surface area (Å²) in [6, 6.07) is 19.2. The number of ether oxygens (including phenoxy) is 2. The molecule has 0 aliphatic heterocycles. The van der Waals surface area contributed by atoms with E-state index in [-0.39, 0.29) is 12.5 Å². The van der Waals surface area contributed by atoms with E-state index in [4.69, 9.17) is 9.47 Å². The summed E-state index contributed by atoms with van der Waals surface area (Å²) in [5.74, 6) is 2.06. The van der Waals surface area contributed by atoms with Gasteiger partial charge in [-0.3, -0.25) is 4.79 Å². The van der Waals surface area contributed by atoms with E-state index < -0.39 is 0 Å². The van der Waals surface area contributed by atoms with E-state index in [0.717, 1.165) is 35.7 Å². The lowest BCUT2D eigenvalue weighted by Crippen LogP contribution is -2.20. The Morgan fingerprint density at radius 2 is 1.83 bits per heavy atom. The van der Waals surface area contributed by atoms with Crippen LogP contribution < -0.4 is 20.1 Å². The molecule has 0 saturated heterocycles. The van der Waals surface area contributed by atoms with Gasteiger partial charge in [-0.25, -0.2) is 4.98 Å². The molecule has 0 spiro atoms. The highest BCUT2D eigenvalue weighted by Crippen LogP contribution is 2.18. The molecule has 0 radical (unpaired) electrons. The van der Waals surface area contributed by atoms with Gasteiger partial charge in [-0.1, -0.05) is 35.9 Å². The molecule has 1 heterocycles. The fourth-order valence-corrected chi connectivity index (χ4v) is 2.79. The quantitative estimate of drug-likeness (QED) is 0.575. The summed E-state index contributed by atoms with van der Waals surface area (Å²) in [6.07, 6.45) is 2.44. The molecule has 0 fully saturated rings. The Morgan fingerprint density at radius 3 is 2.55 bits per heavy atom. The van der Waals surface area contributed by atoms with Gasteiger partial charge in [0.25, 0.3) is 5.91 Å². The highest BCUT2D eigenvalue weighted by molar-refractivity contribution is 5.91. The van der Waals surface area contributed by atoms with E-state index in [1.165, 1.54) is 0 Å². The lowest BCUT2D eigenvalue weighted by atomic mass is 10.1. The molecule has 1 amide bonds. The second-order valence-corrected chi connectivity index (χ2v) is 6.57. The number of nitrogens with one attached hydrogen (secondary N) is 2. The van der Waals surface area contributed by atoms with Crippen LogP contribution in [0.25, 0.3) is 0 Å². The smallest absolute Gasteiger partial charge is 0.262 e. The molecule has 0 aliphatic carbocycles. The van der Waals surface area contributed by atoms with Gasteiger partial charge in [-0.05, 0) is 49.2 Å². The Labute approximate surface area is 170 Å². The maximum absolute atomic E-state index is 12.0. The molecular formula is C23H25N3O3. The zero-order valence-corrected chi connectivity index (χ0v) is 16.6. The largest absolute Gasteiger partial charge is 0.496 e. The number of para-hydroxylation sites is 1. The van der Waals surface area contributed by atoms with Gasteiger partial charge >= 0.3 is 0 Å². The Hall–Kier alpha value is -3.54. The predicted octanol–water partition coefficient (Wildman–Crippen LogP) is 4.07. The van der Waals surface area contributed by atoms with Crippen molar-refractivity contribution in [1.82, 2.24) is 4.98 Å². The third kappa shape index (κ3) is 6.24. The Bertz CT molecular complexity index is 925. The number of methoxy groups -OCH3 is 1. The molecule has 0 atom stereocenters. The number of amides is 1. The summed E-state index contributed by atoms with van der Waals surface area (Å²) < 4.78 is 10.8. The van der Waals surface area contributed by atoms with Crippen molar-refractivity contribution in [3.63, 3.8) is 0 Å². The molecular weight excluding hydrogens is 366 g/mol. The first kappa shape index (κ1) is 20.2. The summed E-state index contributed by atoms with van der Waals surface area (Å²) in [5, 5.41) is 6.05. The topological polar surface area (TPSA) is 72.5 Å². The van der Waals surface area contributed by atoms with E-state index in [2.05, 4.69) is 15.6 Å². The average molecular weight is 391 g/mol. The zero-order valence-electron chi connectivity index (χ0n) is 16.6. The van der Waals surface area contributed by atoms with Gasteiger partial charge < -0.3 is 20.1 Å². The minimum atomic E-state index is -0.232. The van der Waals surface area contributed by atoms with Gasteiger partial charge in [0.15, 0.2) is 6.61 Å². The van der Waals surface area contributed by atoms with E-state index in [9.17, 15) is 4.79 Å². The van der Waals surface area contributed by atoms with Crippen molar-refractivity contribution in [2.45, 2.75) is 13.3 Å². The summed E-state index contributed by atoms with van der Waals surface area (Å²) in [6.45, 7) is 2.67. The molecule has 0 aliphatic rings. The molecule has 0 bridgehead atoms. The molecule has 1 aromatic heterocycles. The van der Waals surface area contributed by atoms with Crippen molar-refractivity contribution in [3.8, 4) is 11.5 Å². The highest BCUT2D eigenvalue weighted by atomic mass is 16.5. The van der Waals surface area contributed by atoms with Crippen LogP contribution in [-0.4, -0.2) is 31.2 Å². The van der Waals surface area contributed by atoms with Gasteiger partial charge in [-0.15, -0.1) is 0 Å². The van der Waals surface area contributed by atoms with Gasteiger partial charge in [-0.2, -0.15) is 0 Å². The average Bonchev–Trinajstić information content (AvgIpc) is 2.75. The SMILES string of the molecule is COc1ccccc1CCNc1ccc(NC(=O)COc2ccc(C)cc2)cn1. The summed E-state index contributed by atoms with van der Waals surface area (Å²) in [5.41, 5.74) is 2.90. The number of aryl methyl sites for hydroxylation is 1. The molecule has 0 saturated carbocycles. The van der Waals surface area contributed by atoms with Gasteiger partial charge in [0, 0.05) is 6.54 Å². The zero-order chi connectivity index (χ0) is 20.5. The van der Waals surface area contributed by atoms with Gasteiger partial charge in [0.1, 0.15) is 17.3 Å². The fraction of sp³-hybridized carbons (Fsp3) is 0.217. The summed E-state index contributed by atoms with van der Waals surface area (Å²) >= 11 is 0. The second-order valence-electron chi connectivity index (χ2n) is 6.57. The first-order chi connectivity index (χ1) is 14.1. The number of nitrogens with zero attached hydrogens (tertiary/aromatic N) is 1. The van der Waals surface area contributed by atoms with Crippen LogP contribution in [0.5, 0.6) is 11.5 Å². The standard InChI is InChI=1S/C23H25N3O3/c1-17-7-10-20(11-8-17)29-16-23(27)26-19-9-12-22(25-15-19)24-14-13-18-5-3-4-6-21(18)28-2/h3-12,15H,13-14,16H2,1-2H3,(H,24,25)(H,26,27). The van der Waals surface area contributed by atoms with Crippen molar-refractivity contribution in [1.29, 1.82) is 0 Å². The number of rotatable bonds is 9. The predicted molar refractivity (Wildman–Crippen MR) is 115 cm³/mol. The molecule has 3 rings (SSSR count). The molecule has 0 unspecified atom stereocenters. The maximum Gasteiger partial charge on any atom is 0.262 e. The number of benzene rings is 2. The van der Waals surface area contributed by atoms with E-state index in [0.29, 0.717) is 11.4 Å². The first-order valence-corrected chi connectivity index (χ1v) is 9.45. The molecule has 29 heavy (non-hydrogen) atoms. The van der Waals surface area contributed by atoms with Crippen molar-refractivity contribution in [2.75, 3.05) is 30.9 Å². The monoisotopic (exact) mass is 391 g/mol. The number of pyridine rings is 1. The van der Waals surface area contributed by atoms with E-state index in [1.54, 1.807) is 13.3 Å². The number of hydrogen-bond donors (Lipinski definition) is 2. The summed E-state index contributed by atoms with van der Waals surface area (Å²) in [7, 11) is 1.67. The van der Waals surface area contributed by atoms with Crippen molar-refractivity contribution < 1.29 is 14.3 Å². The molecule has 6 heteroatoms. The number of carbonyl (C=O) groups is 1. The van der Waals surface area contributed by atoms with Crippen LogP contribution in [0, 0.1) is 6.92 Å². The lowest BCUT2D eigenvalue weighted by Gasteiger charge is -2.10. The second kappa shape index (κ2) is 10.1. The van der Waals surface area contributed by atoms with Gasteiger partial charge in [0.05, 0.1) is 19.0 Å². The number of hydrogen-bond acceptors (Lipinski definition) is 5. The summed E-state index contributed by atoms with van der Waals surface area (Å²) in [4.78, 5) is 16.4. The Morgan fingerprint density at radius 1 is 1.03 bits per heavy atom. The first-order valence-electron chi connectivity index (χ1n) is 9.45. The Balaban J connectivity index is 1.43. The van der Waals surface area contributed by atoms with Crippen LogP contribution >= 0.6 is 0 Å². The minimum absolute atomic E-state index is 0.0536. The molecule has 3 aromatic rings. The maximum atomic E-state index is 12.0. The highest BCUT2D eigenvalue weighted by Gasteiger charge is 2.05. The normalized spacial score (nSPS) is 10.3. The van der Waals surface area contributed by atoms with Crippen LogP contribution in [0.4, 0.5) is 11.5 Å². The van der Waals surface area contributed by atoms with Crippen LogP contribution in [-0.2, 0) is 11.2 Å². The molecule has 2 aromatic carbocycles. The van der Waals surface area contributed by atoms with Crippen LogP contribution in [0.1, 0.15) is 11.1 Å². The van der Waals surface area contributed by atoms with Crippen LogP contribution in [0.2, 0.25) is 0 Å². The minimum Gasteiger partial charge on any atom is -0.496 e. The third-order valence-electron chi connectivity index (χ3n) is 4.33. The van der Waals surface area contributed by atoms with Crippen molar-refractivity contribution >= 4 is 17.4 Å². The van der Waals surface area contributed by atoms with E-state index >= 15 is 0 Å². The lowest BCUT2D eigenvalue weighted by molar-refractivity contribution is -0.118. The number of aromatic nitrogens is 1.